The lowest BCUT2D eigenvalue weighted by atomic mass is 9.99. The van der Waals surface area contributed by atoms with E-state index in [-0.39, 0.29) is 18.5 Å². The van der Waals surface area contributed by atoms with Gasteiger partial charge in [-0.25, -0.2) is 4.79 Å². The highest BCUT2D eigenvalue weighted by atomic mass is 16.2. The zero-order chi connectivity index (χ0) is 19.6. The van der Waals surface area contributed by atoms with E-state index >= 15 is 0 Å². The normalized spacial score (nSPS) is 10.5. The van der Waals surface area contributed by atoms with Gasteiger partial charge in [-0.05, 0) is 5.56 Å². The molecule has 0 atom stereocenters. The summed E-state index contributed by atoms with van der Waals surface area (Å²) in [5.41, 5.74) is 3.19. The predicted molar refractivity (Wildman–Crippen MR) is 108 cm³/mol. The monoisotopic (exact) mass is 374 g/mol. The maximum Gasteiger partial charge on any atom is 0.321 e. The number of benzene rings is 3. The molecule has 0 aliphatic heterocycles. The number of hydrogen-bond donors (Lipinski definition) is 3. The first kappa shape index (κ1) is 19.3. The molecule has 3 aromatic carbocycles. The first-order chi connectivity index (χ1) is 13.7. The molecule has 0 spiro atoms. The van der Waals surface area contributed by atoms with Crippen molar-refractivity contribution in [2.24, 2.45) is 0 Å². The van der Waals surface area contributed by atoms with Crippen LogP contribution in [0.3, 0.4) is 0 Å². The molecule has 142 valence electrons. The van der Waals surface area contributed by atoms with E-state index in [0.717, 1.165) is 16.7 Å². The van der Waals surface area contributed by atoms with Crippen LogP contribution in [0.15, 0.2) is 91.0 Å². The fourth-order valence-corrected chi connectivity index (χ4v) is 3.01. The maximum absolute atomic E-state index is 12.2. The van der Waals surface area contributed by atoms with Gasteiger partial charge in [0.2, 0.25) is 0 Å². The van der Waals surface area contributed by atoms with Gasteiger partial charge in [0, 0.05) is 17.7 Å². The standard InChI is InChI=1S/C23H23N3O2/c27-21(26-23(28)25-16-18-10-4-1-5-11-18)17-24-22(19-12-6-2-7-13-19)20-14-8-3-9-15-20/h1-15,22,24H,16-17H2,(H2,25,26,27,28)/p+1. The van der Waals surface area contributed by atoms with Crippen molar-refractivity contribution in [3.8, 4) is 0 Å². The molecule has 0 heterocycles. The van der Waals surface area contributed by atoms with Crippen LogP contribution in [-0.2, 0) is 11.3 Å². The van der Waals surface area contributed by atoms with Crippen molar-refractivity contribution in [1.29, 1.82) is 0 Å². The maximum atomic E-state index is 12.2. The number of carbonyl (C=O) groups excluding carboxylic acids is 2. The van der Waals surface area contributed by atoms with Crippen LogP contribution < -0.4 is 16.0 Å². The fourth-order valence-electron chi connectivity index (χ4n) is 3.01. The fraction of sp³-hybridized carbons (Fsp3) is 0.130. The molecule has 0 radical (unpaired) electrons. The molecular weight excluding hydrogens is 350 g/mol. The highest BCUT2D eigenvalue weighted by Gasteiger charge is 2.19. The summed E-state index contributed by atoms with van der Waals surface area (Å²) in [6, 6.07) is 29.1. The largest absolute Gasteiger partial charge is 0.334 e. The smallest absolute Gasteiger partial charge is 0.321 e. The van der Waals surface area contributed by atoms with Crippen molar-refractivity contribution in [3.63, 3.8) is 0 Å². The zero-order valence-electron chi connectivity index (χ0n) is 15.5. The van der Waals surface area contributed by atoms with Crippen molar-refractivity contribution in [2.75, 3.05) is 6.54 Å². The van der Waals surface area contributed by atoms with Gasteiger partial charge in [0.15, 0.2) is 6.54 Å². The Hall–Kier alpha value is -3.44. The molecule has 0 saturated heterocycles. The summed E-state index contributed by atoms with van der Waals surface area (Å²) in [4.78, 5) is 24.2. The lowest BCUT2D eigenvalue weighted by Gasteiger charge is -2.16. The highest BCUT2D eigenvalue weighted by molar-refractivity contribution is 5.94. The molecular formula is C23H24N3O2+. The van der Waals surface area contributed by atoms with Crippen molar-refractivity contribution >= 4 is 11.9 Å². The molecule has 3 amide bonds. The van der Waals surface area contributed by atoms with Gasteiger partial charge in [0.1, 0.15) is 6.04 Å². The number of nitrogens with one attached hydrogen (secondary N) is 2. The van der Waals surface area contributed by atoms with Crippen molar-refractivity contribution in [2.45, 2.75) is 12.6 Å². The summed E-state index contributed by atoms with van der Waals surface area (Å²) >= 11 is 0. The quantitative estimate of drug-likeness (QED) is 0.594. The van der Waals surface area contributed by atoms with Gasteiger partial charge in [-0.15, -0.1) is 0 Å². The van der Waals surface area contributed by atoms with Gasteiger partial charge in [-0.3, -0.25) is 10.1 Å². The second kappa shape index (κ2) is 10.0. The van der Waals surface area contributed by atoms with Crippen LogP contribution in [0.4, 0.5) is 4.79 Å². The number of carbonyl (C=O) groups is 2. The lowest BCUT2D eigenvalue weighted by molar-refractivity contribution is -0.676. The van der Waals surface area contributed by atoms with Gasteiger partial charge in [-0.1, -0.05) is 91.0 Å². The van der Waals surface area contributed by atoms with Gasteiger partial charge < -0.3 is 10.6 Å². The molecule has 3 rings (SSSR count). The summed E-state index contributed by atoms with van der Waals surface area (Å²) in [5, 5.41) is 7.02. The Bertz CT molecular complexity index is 844. The Balaban J connectivity index is 1.54. The summed E-state index contributed by atoms with van der Waals surface area (Å²) < 4.78 is 0. The molecule has 0 bridgehead atoms. The first-order valence-corrected chi connectivity index (χ1v) is 9.27. The Morgan fingerprint density at radius 2 is 1.25 bits per heavy atom. The van der Waals surface area contributed by atoms with Gasteiger partial charge >= 0.3 is 6.03 Å². The SMILES string of the molecule is O=C(C[NH2+]C(c1ccccc1)c1ccccc1)NC(=O)NCc1ccccc1. The van der Waals surface area contributed by atoms with E-state index in [9.17, 15) is 9.59 Å². The summed E-state index contributed by atoms with van der Waals surface area (Å²) in [5.74, 6) is -0.331. The predicted octanol–water partition coefficient (Wildman–Crippen LogP) is 2.37. The molecule has 0 saturated carbocycles. The topological polar surface area (TPSA) is 74.8 Å². The van der Waals surface area contributed by atoms with Crippen LogP contribution in [0.5, 0.6) is 0 Å². The Morgan fingerprint density at radius 3 is 1.79 bits per heavy atom. The second-order valence-corrected chi connectivity index (χ2v) is 6.46. The average Bonchev–Trinajstić information content (AvgIpc) is 2.75. The number of amides is 3. The molecule has 0 aliphatic rings. The van der Waals surface area contributed by atoms with Crippen LogP contribution in [0.25, 0.3) is 0 Å². The lowest BCUT2D eigenvalue weighted by Crippen LogP contribution is -2.88. The minimum atomic E-state index is -0.488. The van der Waals surface area contributed by atoms with Crippen LogP contribution in [0.2, 0.25) is 0 Å². The minimum absolute atomic E-state index is 0.0134. The van der Waals surface area contributed by atoms with Crippen molar-refractivity contribution < 1.29 is 14.9 Å². The molecule has 0 fully saturated rings. The van der Waals surface area contributed by atoms with E-state index in [1.54, 1.807) is 0 Å². The second-order valence-electron chi connectivity index (χ2n) is 6.46. The molecule has 0 aliphatic carbocycles. The molecule has 5 heteroatoms. The van der Waals surface area contributed by atoms with Gasteiger partial charge in [0.25, 0.3) is 5.91 Å². The molecule has 0 unspecified atom stereocenters. The highest BCUT2D eigenvalue weighted by Crippen LogP contribution is 2.17. The van der Waals surface area contributed by atoms with E-state index in [1.165, 1.54) is 0 Å². The summed E-state index contributed by atoms with van der Waals surface area (Å²) in [6.07, 6.45) is 0. The van der Waals surface area contributed by atoms with Crippen LogP contribution >= 0.6 is 0 Å². The zero-order valence-corrected chi connectivity index (χ0v) is 15.5. The number of urea groups is 1. The van der Waals surface area contributed by atoms with Crippen molar-refractivity contribution in [1.82, 2.24) is 10.6 Å². The van der Waals surface area contributed by atoms with E-state index in [0.29, 0.717) is 6.54 Å². The summed E-state index contributed by atoms with van der Waals surface area (Å²) in [7, 11) is 0. The average molecular weight is 374 g/mol. The Kier molecular flexibility index (Phi) is 6.93. The Labute approximate surface area is 164 Å². The van der Waals surface area contributed by atoms with E-state index in [4.69, 9.17) is 0 Å². The van der Waals surface area contributed by atoms with E-state index in [1.807, 2.05) is 96.3 Å². The number of hydrogen-bond acceptors (Lipinski definition) is 2. The van der Waals surface area contributed by atoms with Gasteiger partial charge in [-0.2, -0.15) is 0 Å². The van der Waals surface area contributed by atoms with Gasteiger partial charge in [0.05, 0.1) is 0 Å². The third-order valence-electron chi connectivity index (χ3n) is 4.41. The van der Waals surface area contributed by atoms with Crippen LogP contribution in [-0.4, -0.2) is 18.5 Å². The third kappa shape index (κ3) is 5.79. The van der Waals surface area contributed by atoms with Crippen molar-refractivity contribution in [3.05, 3.63) is 108 Å². The summed E-state index contributed by atoms with van der Waals surface area (Å²) in [6.45, 7) is 0.521. The molecule has 4 N–H and O–H groups in total. The molecule has 3 aromatic rings. The molecule has 5 nitrogen and oxygen atoms in total. The number of quaternary nitrogens is 1. The van der Waals surface area contributed by atoms with Crippen LogP contribution in [0, 0.1) is 0 Å². The van der Waals surface area contributed by atoms with Crippen LogP contribution in [0.1, 0.15) is 22.7 Å². The number of imide groups is 1. The first-order valence-electron chi connectivity index (χ1n) is 9.27. The third-order valence-corrected chi connectivity index (χ3v) is 4.41. The van der Waals surface area contributed by atoms with E-state index < -0.39 is 6.03 Å². The van der Waals surface area contributed by atoms with E-state index in [2.05, 4.69) is 10.6 Å². The molecule has 0 aromatic heterocycles. The Morgan fingerprint density at radius 1 is 0.750 bits per heavy atom. The molecule has 28 heavy (non-hydrogen) atoms. The number of rotatable bonds is 7. The minimum Gasteiger partial charge on any atom is -0.334 e. The number of nitrogens with two attached hydrogens (primary N) is 1.